The van der Waals surface area contributed by atoms with Gasteiger partial charge in [0.05, 0.1) is 25.1 Å². The number of amides is 3. The number of halogens is 2. The normalized spacial score (nSPS) is 14.0. The second-order valence-electron chi connectivity index (χ2n) is 11.9. The topological polar surface area (TPSA) is 132 Å². The van der Waals surface area contributed by atoms with Crippen LogP contribution in [0.5, 0.6) is 0 Å². The zero-order valence-corrected chi connectivity index (χ0v) is 28.6. The predicted octanol–water partition coefficient (Wildman–Crippen LogP) is 5.01. The van der Waals surface area contributed by atoms with E-state index in [0.717, 1.165) is 17.5 Å². The lowest BCUT2D eigenvalue weighted by molar-refractivity contribution is -0.133. The third-order valence-corrected chi connectivity index (χ3v) is 7.77. The summed E-state index contributed by atoms with van der Waals surface area (Å²) >= 11 is 0. The first-order chi connectivity index (χ1) is 22.2. The van der Waals surface area contributed by atoms with E-state index < -0.39 is 29.4 Å². The van der Waals surface area contributed by atoms with Crippen LogP contribution in [0.15, 0.2) is 110 Å². The second kappa shape index (κ2) is 17.6. The van der Waals surface area contributed by atoms with E-state index in [-0.39, 0.29) is 49.8 Å². The Morgan fingerprint density at radius 3 is 2.17 bits per heavy atom. The summed E-state index contributed by atoms with van der Waals surface area (Å²) < 4.78 is 7.49. The average Bonchev–Trinajstić information content (AvgIpc) is 3.52. The lowest BCUT2D eigenvalue weighted by atomic mass is 9.98. The molecule has 1 aromatic heterocycles. The van der Waals surface area contributed by atoms with E-state index in [9.17, 15) is 14.4 Å². The van der Waals surface area contributed by atoms with Gasteiger partial charge < -0.3 is 30.6 Å². The summed E-state index contributed by atoms with van der Waals surface area (Å²) in [5.74, 6) is -0.859. The van der Waals surface area contributed by atoms with Gasteiger partial charge in [-0.05, 0) is 42.5 Å². The molecule has 1 aliphatic rings. The van der Waals surface area contributed by atoms with Gasteiger partial charge in [-0.2, -0.15) is 0 Å². The van der Waals surface area contributed by atoms with Crippen molar-refractivity contribution in [2.24, 2.45) is 5.73 Å². The summed E-state index contributed by atoms with van der Waals surface area (Å²) in [5, 5.41) is 5.47. The summed E-state index contributed by atoms with van der Waals surface area (Å²) in [4.78, 5) is 46.4. The Morgan fingerprint density at radius 2 is 1.56 bits per heavy atom. The zero-order chi connectivity index (χ0) is 32.5. The van der Waals surface area contributed by atoms with Crippen molar-refractivity contribution in [3.63, 3.8) is 0 Å². The summed E-state index contributed by atoms with van der Waals surface area (Å²) in [7, 11) is 0. The molecule has 10 nitrogen and oxygen atoms in total. The summed E-state index contributed by atoms with van der Waals surface area (Å²) in [6.07, 6.45) is 6.01. The zero-order valence-electron chi connectivity index (χ0n) is 27.0. The van der Waals surface area contributed by atoms with Crippen molar-refractivity contribution in [3.05, 3.63) is 126 Å². The Kier molecular flexibility index (Phi) is 13.9. The van der Waals surface area contributed by atoms with Gasteiger partial charge in [-0.3, -0.25) is 14.4 Å². The van der Waals surface area contributed by atoms with Gasteiger partial charge in [0.1, 0.15) is 12.1 Å². The molecule has 0 spiro atoms. The minimum Gasteiger partial charge on any atom is -0.374 e. The van der Waals surface area contributed by atoms with E-state index in [1.54, 1.807) is 24.6 Å². The van der Waals surface area contributed by atoms with Crippen molar-refractivity contribution >= 4 is 53.9 Å². The number of imidazole rings is 1. The van der Waals surface area contributed by atoms with Crippen molar-refractivity contribution in [2.45, 2.75) is 44.5 Å². The molecule has 48 heavy (non-hydrogen) atoms. The first kappa shape index (κ1) is 38.0. The second-order valence-corrected chi connectivity index (χ2v) is 11.9. The highest BCUT2D eigenvalue weighted by atomic mass is 35.5. The SMILES string of the molecule is CC(C)(N)C(=O)N[C@H](COCc1ccccc1)C(=O)Nc1cn(C(C(=O)N2CC=C(c3ccccc3)CC2)c2ccccc2)cn1.Cl.Cl. The maximum absolute atomic E-state index is 14.0. The number of carbonyl (C=O) groups is 3. The van der Waals surface area contributed by atoms with Crippen molar-refractivity contribution in [1.29, 1.82) is 0 Å². The van der Waals surface area contributed by atoms with Crippen LogP contribution >= 0.6 is 24.8 Å². The third-order valence-electron chi connectivity index (χ3n) is 7.77. The largest absolute Gasteiger partial charge is 0.374 e. The predicted molar refractivity (Wildman–Crippen MR) is 192 cm³/mol. The van der Waals surface area contributed by atoms with E-state index in [2.05, 4.69) is 33.8 Å². The van der Waals surface area contributed by atoms with E-state index >= 15 is 0 Å². The molecule has 3 amide bonds. The number of nitrogens with zero attached hydrogens (tertiary/aromatic N) is 3. The maximum Gasteiger partial charge on any atom is 0.250 e. The Morgan fingerprint density at radius 1 is 0.938 bits per heavy atom. The van der Waals surface area contributed by atoms with Gasteiger partial charge >= 0.3 is 0 Å². The molecule has 0 saturated carbocycles. The molecule has 2 atom stereocenters. The smallest absolute Gasteiger partial charge is 0.250 e. The van der Waals surface area contributed by atoms with Crippen LogP contribution in [0.25, 0.3) is 5.57 Å². The minimum absolute atomic E-state index is 0. The van der Waals surface area contributed by atoms with Crippen LogP contribution in [0.4, 0.5) is 5.82 Å². The number of carbonyl (C=O) groups excluding carboxylic acids is 3. The lowest BCUT2D eigenvalue weighted by Gasteiger charge is -2.31. The van der Waals surface area contributed by atoms with Gasteiger partial charge in [-0.15, -0.1) is 24.8 Å². The van der Waals surface area contributed by atoms with Gasteiger partial charge in [-0.25, -0.2) is 4.98 Å². The number of benzene rings is 3. The fourth-order valence-electron chi connectivity index (χ4n) is 5.19. The van der Waals surface area contributed by atoms with Crippen LogP contribution in [0.1, 0.15) is 43.0 Å². The highest BCUT2D eigenvalue weighted by molar-refractivity contribution is 5.98. The van der Waals surface area contributed by atoms with Crippen LogP contribution in [0.3, 0.4) is 0 Å². The number of rotatable bonds is 12. The number of hydrogen-bond acceptors (Lipinski definition) is 6. The first-order valence-corrected chi connectivity index (χ1v) is 15.3. The van der Waals surface area contributed by atoms with Gasteiger partial charge in [0, 0.05) is 19.3 Å². The molecule has 0 bridgehead atoms. The van der Waals surface area contributed by atoms with E-state index in [0.29, 0.717) is 13.1 Å². The summed E-state index contributed by atoms with van der Waals surface area (Å²) in [6, 6.07) is 27.5. The average molecular weight is 694 g/mol. The molecular weight excluding hydrogens is 651 g/mol. The molecule has 3 aromatic carbocycles. The molecular formula is C36H42Cl2N6O4. The van der Waals surface area contributed by atoms with E-state index in [4.69, 9.17) is 10.5 Å². The Balaban J connectivity index is 0.00000312. The highest BCUT2D eigenvalue weighted by Gasteiger charge is 2.31. The van der Waals surface area contributed by atoms with E-state index in [1.165, 1.54) is 17.5 Å². The van der Waals surface area contributed by atoms with Crippen LogP contribution in [-0.2, 0) is 25.7 Å². The fraction of sp³-hybridized carbons (Fsp3) is 0.278. The first-order valence-electron chi connectivity index (χ1n) is 15.3. The number of aromatic nitrogens is 2. The monoisotopic (exact) mass is 692 g/mol. The minimum atomic E-state index is -1.20. The van der Waals surface area contributed by atoms with Crippen molar-refractivity contribution < 1.29 is 19.1 Å². The van der Waals surface area contributed by atoms with Crippen molar-refractivity contribution in [1.82, 2.24) is 19.8 Å². The third kappa shape index (κ3) is 10.0. The molecule has 0 radical (unpaired) electrons. The summed E-state index contributed by atoms with van der Waals surface area (Å²) in [5.41, 5.74) is 8.90. The van der Waals surface area contributed by atoms with Crippen molar-refractivity contribution in [2.75, 3.05) is 25.0 Å². The van der Waals surface area contributed by atoms with Gasteiger partial charge in [-0.1, -0.05) is 97.1 Å². The molecule has 0 aliphatic carbocycles. The number of nitrogens with one attached hydrogen (secondary N) is 2. The molecule has 4 N–H and O–H groups in total. The standard InChI is InChI=1S/C36H40N6O4.2ClH/c1-36(2,37)35(45)39-30(24-46-23-26-12-6-3-7-13-26)33(43)40-31-22-42(25-38-31)32(29-16-10-5-11-17-29)34(44)41-20-18-28(19-21-41)27-14-8-4-9-15-27;;/h3-18,22,25,30,32H,19-21,23-24,37H2,1-2H3,(H,39,45)(H,40,43);2*1H/t30-,32?;;/m1../s1. The molecule has 1 unspecified atom stereocenters. The fourth-order valence-corrected chi connectivity index (χ4v) is 5.19. The number of anilines is 1. The van der Waals surface area contributed by atoms with E-state index in [1.807, 2.05) is 83.8 Å². The number of ether oxygens (including phenoxy) is 1. The van der Waals surface area contributed by atoms with Gasteiger partial charge in [0.25, 0.3) is 11.8 Å². The molecule has 12 heteroatoms. The summed E-state index contributed by atoms with van der Waals surface area (Å²) in [6.45, 7) is 4.38. The number of hydrogen-bond donors (Lipinski definition) is 3. The van der Waals surface area contributed by atoms with Crippen LogP contribution in [0, 0.1) is 0 Å². The van der Waals surface area contributed by atoms with Crippen molar-refractivity contribution in [3.8, 4) is 0 Å². The Hall–Kier alpha value is -4.48. The van der Waals surface area contributed by atoms with Crippen LogP contribution in [0.2, 0.25) is 0 Å². The molecule has 1 aliphatic heterocycles. The molecule has 4 aromatic rings. The quantitative estimate of drug-likeness (QED) is 0.191. The Labute approximate surface area is 293 Å². The highest BCUT2D eigenvalue weighted by Crippen LogP contribution is 2.27. The van der Waals surface area contributed by atoms with Crippen LogP contribution in [-0.4, -0.2) is 63.4 Å². The molecule has 254 valence electrons. The lowest BCUT2D eigenvalue weighted by Crippen LogP contribution is -2.56. The van der Waals surface area contributed by atoms with Gasteiger partial charge in [0.15, 0.2) is 5.82 Å². The molecule has 2 heterocycles. The maximum atomic E-state index is 14.0. The number of nitrogens with two attached hydrogens (primary N) is 1. The Bertz CT molecular complexity index is 1660. The molecule has 0 fully saturated rings. The van der Waals surface area contributed by atoms with Gasteiger partial charge in [0.2, 0.25) is 5.91 Å². The molecule has 0 saturated heterocycles. The van der Waals surface area contributed by atoms with Crippen LogP contribution < -0.4 is 16.4 Å². The molecule has 5 rings (SSSR count).